The largest absolute Gasteiger partial charge is 0.314 e. The van der Waals surface area contributed by atoms with E-state index in [-0.39, 0.29) is 0 Å². The fourth-order valence-corrected chi connectivity index (χ4v) is 5.91. The molecule has 116 valence electrons. The topological polar surface area (TPSA) is 12.0 Å². The van der Waals surface area contributed by atoms with E-state index in [2.05, 4.69) is 26.1 Å². The fourth-order valence-electron chi connectivity index (χ4n) is 5.91. The Hall–Kier alpha value is -0.0400. The van der Waals surface area contributed by atoms with Gasteiger partial charge in [0.2, 0.25) is 0 Å². The molecule has 3 aliphatic rings. The summed E-state index contributed by atoms with van der Waals surface area (Å²) in [5.41, 5.74) is 0. The van der Waals surface area contributed by atoms with Gasteiger partial charge in [0, 0.05) is 6.04 Å². The first-order valence-electron chi connectivity index (χ1n) is 9.53. The van der Waals surface area contributed by atoms with Crippen molar-refractivity contribution in [2.75, 3.05) is 6.54 Å². The molecule has 6 atom stereocenters. The first-order valence-corrected chi connectivity index (χ1v) is 9.53. The van der Waals surface area contributed by atoms with Gasteiger partial charge < -0.3 is 5.32 Å². The Kier molecular flexibility index (Phi) is 4.75. The molecule has 0 spiro atoms. The maximum atomic E-state index is 3.88. The van der Waals surface area contributed by atoms with E-state index >= 15 is 0 Å². The van der Waals surface area contributed by atoms with Gasteiger partial charge in [-0.2, -0.15) is 0 Å². The molecule has 3 fully saturated rings. The van der Waals surface area contributed by atoms with Crippen molar-refractivity contribution in [3.8, 4) is 0 Å². The molecular formula is C19H35N. The molecule has 0 aromatic carbocycles. The van der Waals surface area contributed by atoms with Crippen LogP contribution in [0.5, 0.6) is 0 Å². The lowest BCUT2D eigenvalue weighted by Gasteiger charge is -2.26. The van der Waals surface area contributed by atoms with E-state index in [1.165, 1.54) is 38.6 Å². The van der Waals surface area contributed by atoms with Crippen molar-refractivity contribution in [1.29, 1.82) is 0 Å². The van der Waals surface area contributed by atoms with Crippen LogP contribution in [0.1, 0.15) is 72.1 Å². The van der Waals surface area contributed by atoms with Crippen LogP contribution in [-0.2, 0) is 0 Å². The van der Waals surface area contributed by atoms with Crippen molar-refractivity contribution in [1.82, 2.24) is 5.32 Å². The van der Waals surface area contributed by atoms with Gasteiger partial charge in [-0.25, -0.2) is 0 Å². The van der Waals surface area contributed by atoms with Gasteiger partial charge in [-0.1, -0.05) is 46.5 Å². The second-order valence-corrected chi connectivity index (χ2v) is 7.88. The Morgan fingerprint density at radius 2 is 1.75 bits per heavy atom. The molecule has 0 heterocycles. The first-order chi connectivity index (χ1) is 9.80. The Balaban J connectivity index is 1.56. The predicted molar refractivity (Wildman–Crippen MR) is 86.7 cm³/mol. The molecule has 0 aliphatic heterocycles. The molecule has 1 nitrogen and oxygen atoms in total. The molecule has 0 saturated heterocycles. The average Bonchev–Trinajstić information content (AvgIpc) is 2.89. The van der Waals surface area contributed by atoms with Crippen molar-refractivity contribution in [2.24, 2.45) is 35.5 Å². The summed E-state index contributed by atoms with van der Waals surface area (Å²) in [6.45, 7) is 8.20. The van der Waals surface area contributed by atoms with Crippen LogP contribution in [0.25, 0.3) is 0 Å². The highest BCUT2D eigenvalue weighted by molar-refractivity contribution is 5.15. The number of hydrogen-bond acceptors (Lipinski definition) is 1. The van der Waals surface area contributed by atoms with E-state index in [0.717, 1.165) is 41.5 Å². The van der Waals surface area contributed by atoms with Gasteiger partial charge in [0.1, 0.15) is 0 Å². The Labute approximate surface area is 126 Å². The zero-order chi connectivity index (χ0) is 14.1. The molecule has 0 radical (unpaired) electrons. The number of unbranched alkanes of at least 4 members (excludes halogenated alkanes) is 1. The smallest absolute Gasteiger partial charge is 0.0104 e. The van der Waals surface area contributed by atoms with E-state index in [4.69, 9.17) is 0 Å². The number of rotatable bonds is 9. The van der Waals surface area contributed by atoms with Gasteiger partial charge in [-0.05, 0) is 67.7 Å². The number of nitrogens with one attached hydrogen (secondary N) is 1. The maximum absolute atomic E-state index is 3.88. The predicted octanol–water partition coefficient (Wildman–Crippen LogP) is 4.86. The minimum atomic E-state index is 0.847. The maximum Gasteiger partial charge on any atom is 0.0104 e. The molecule has 20 heavy (non-hydrogen) atoms. The van der Waals surface area contributed by atoms with Gasteiger partial charge >= 0.3 is 0 Å². The fraction of sp³-hybridized carbons (Fsp3) is 1.00. The highest BCUT2D eigenvalue weighted by Crippen LogP contribution is 2.70. The summed E-state index contributed by atoms with van der Waals surface area (Å²) in [6, 6.07) is 0.847. The van der Waals surface area contributed by atoms with Crippen molar-refractivity contribution < 1.29 is 0 Å². The second-order valence-electron chi connectivity index (χ2n) is 7.88. The van der Waals surface area contributed by atoms with E-state index in [1.54, 1.807) is 19.3 Å². The normalized spacial score (nSPS) is 40.6. The Morgan fingerprint density at radius 1 is 1.05 bits per heavy atom. The molecule has 3 rings (SSSR count). The highest BCUT2D eigenvalue weighted by atomic mass is 14.9. The van der Waals surface area contributed by atoms with Crippen LogP contribution >= 0.6 is 0 Å². The number of fused-ring (bicyclic) bond motifs is 5. The summed E-state index contributed by atoms with van der Waals surface area (Å²) in [4.78, 5) is 0. The van der Waals surface area contributed by atoms with Crippen LogP contribution < -0.4 is 5.32 Å². The second kappa shape index (κ2) is 6.38. The monoisotopic (exact) mass is 277 g/mol. The van der Waals surface area contributed by atoms with Crippen LogP contribution in [0.3, 0.4) is 0 Å². The molecule has 3 saturated carbocycles. The van der Waals surface area contributed by atoms with Crippen LogP contribution in [-0.4, -0.2) is 12.6 Å². The SMILES string of the molecule is CCCCC(CC)CC(NCC)C1C2C3CCC(C3)C21. The summed E-state index contributed by atoms with van der Waals surface area (Å²) < 4.78 is 0. The third kappa shape index (κ3) is 2.67. The third-order valence-electron chi connectivity index (χ3n) is 6.86. The lowest BCUT2D eigenvalue weighted by molar-refractivity contribution is 0.293. The molecule has 0 amide bonds. The summed E-state index contributed by atoms with van der Waals surface area (Å²) in [5, 5.41) is 3.88. The summed E-state index contributed by atoms with van der Waals surface area (Å²) in [5.74, 6) is 6.58. The van der Waals surface area contributed by atoms with Crippen LogP contribution in [0, 0.1) is 35.5 Å². The highest BCUT2D eigenvalue weighted by Gasteiger charge is 2.66. The molecule has 0 aromatic rings. The van der Waals surface area contributed by atoms with Crippen LogP contribution in [0.4, 0.5) is 0 Å². The first kappa shape index (κ1) is 14.9. The van der Waals surface area contributed by atoms with E-state index < -0.39 is 0 Å². The zero-order valence-electron chi connectivity index (χ0n) is 13.9. The minimum Gasteiger partial charge on any atom is -0.314 e. The van der Waals surface area contributed by atoms with E-state index in [0.29, 0.717) is 0 Å². The van der Waals surface area contributed by atoms with Gasteiger partial charge in [-0.3, -0.25) is 0 Å². The van der Waals surface area contributed by atoms with Crippen molar-refractivity contribution in [3.05, 3.63) is 0 Å². The van der Waals surface area contributed by atoms with E-state index in [9.17, 15) is 0 Å². The Bertz CT molecular complexity index is 297. The lowest BCUT2D eigenvalue weighted by atomic mass is 9.87. The Morgan fingerprint density at radius 3 is 2.30 bits per heavy atom. The van der Waals surface area contributed by atoms with Crippen molar-refractivity contribution >= 4 is 0 Å². The minimum absolute atomic E-state index is 0.847. The van der Waals surface area contributed by atoms with Crippen molar-refractivity contribution in [3.63, 3.8) is 0 Å². The summed E-state index contributed by atoms with van der Waals surface area (Å²) >= 11 is 0. The molecule has 0 aromatic heterocycles. The van der Waals surface area contributed by atoms with Crippen LogP contribution in [0.15, 0.2) is 0 Å². The third-order valence-corrected chi connectivity index (χ3v) is 6.86. The molecular weight excluding hydrogens is 242 g/mol. The zero-order valence-corrected chi connectivity index (χ0v) is 13.9. The molecule has 1 heteroatoms. The van der Waals surface area contributed by atoms with Crippen LogP contribution in [0.2, 0.25) is 0 Å². The van der Waals surface area contributed by atoms with Gasteiger partial charge in [-0.15, -0.1) is 0 Å². The lowest BCUT2D eigenvalue weighted by Crippen LogP contribution is -2.35. The molecule has 6 unspecified atom stereocenters. The summed E-state index contributed by atoms with van der Waals surface area (Å²) in [6.07, 6.45) is 11.8. The quantitative estimate of drug-likeness (QED) is 0.634. The van der Waals surface area contributed by atoms with Gasteiger partial charge in [0.15, 0.2) is 0 Å². The van der Waals surface area contributed by atoms with Crippen molar-refractivity contribution in [2.45, 2.75) is 78.2 Å². The standard InChI is InChI=1S/C19H35N/c1-4-7-8-13(5-2)11-16(20-6-3)19-17-14-9-10-15(12-14)18(17)19/h13-20H,4-12H2,1-3H3. The van der Waals surface area contributed by atoms with Gasteiger partial charge in [0.25, 0.3) is 0 Å². The van der Waals surface area contributed by atoms with E-state index in [1.807, 2.05) is 0 Å². The summed E-state index contributed by atoms with van der Waals surface area (Å²) in [7, 11) is 0. The molecule has 3 aliphatic carbocycles. The molecule has 1 N–H and O–H groups in total. The molecule has 2 bridgehead atoms. The van der Waals surface area contributed by atoms with Gasteiger partial charge in [0.05, 0.1) is 0 Å². The average molecular weight is 277 g/mol. The number of hydrogen-bond donors (Lipinski definition) is 1.